The van der Waals surface area contributed by atoms with Gasteiger partial charge in [-0.15, -0.1) is 0 Å². The second kappa shape index (κ2) is 5.69. The smallest absolute Gasteiger partial charge is 0.352 e. The van der Waals surface area contributed by atoms with Crippen molar-refractivity contribution in [3.63, 3.8) is 0 Å². The Balaban J connectivity index is 1.82. The van der Waals surface area contributed by atoms with Gasteiger partial charge in [0.1, 0.15) is 5.69 Å². The fourth-order valence-corrected chi connectivity index (χ4v) is 2.13. The maximum Gasteiger partial charge on any atom is 0.352 e. The molecule has 6 nitrogen and oxygen atoms in total. The molecule has 6 heteroatoms. The molecule has 2 aromatic heterocycles. The van der Waals surface area contributed by atoms with Crippen LogP contribution in [-0.2, 0) is 7.05 Å². The largest absolute Gasteiger partial charge is 0.477 e. The molecule has 0 radical (unpaired) electrons. The lowest BCUT2D eigenvalue weighted by molar-refractivity contribution is 0.0686. The van der Waals surface area contributed by atoms with Gasteiger partial charge in [-0.05, 0) is 18.2 Å². The van der Waals surface area contributed by atoms with E-state index in [4.69, 9.17) is 5.11 Å². The molecule has 3 aromatic rings. The van der Waals surface area contributed by atoms with E-state index in [1.54, 1.807) is 36.3 Å². The van der Waals surface area contributed by atoms with Crippen LogP contribution in [0.2, 0.25) is 0 Å². The number of hydrogen-bond acceptors (Lipinski definition) is 4. The minimum absolute atomic E-state index is 0.224. The first kappa shape index (κ1) is 13.8. The van der Waals surface area contributed by atoms with Crippen molar-refractivity contribution in [2.45, 2.75) is 0 Å². The van der Waals surface area contributed by atoms with Gasteiger partial charge in [-0.2, -0.15) is 0 Å². The number of hydrogen-bond donors (Lipinski definition) is 2. The quantitative estimate of drug-likeness (QED) is 0.773. The van der Waals surface area contributed by atoms with Crippen LogP contribution in [-0.4, -0.2) is 25.6 Å². The number of nitrogens with one attached hydrogen (secondary N) is 1. The van der Waals surface area contributed by atoms with Crippen molar-refractivity contribution in [2.75, 3.05) is 5.32 Å². The number of anilines is 2. The molecule has 2 N–H and O–H groups in total. The van der Waals surface area contributed by atoms with Gasteiger partial charge in [0.2, 0.25) is 5.95 Å². The van der Waals surface area contributed by atoms with Crippen LogP contribution in [0.3, 0.4) is 0 Å². The molecule has 110 valence electrons. The fourth-order valence-electron chi connectivity index (χ4n) is 2.13. The highest BCUT2D eigenvalue weighted by molar-refractivity contribution is 5.88. The van der Waals surface area contributed by atoms with Gasteiger partial charge in [0.25, 0.3) is 0 Å². The van der Waals surface area contributed by atoms with Gasteiger partial charge in [-0.1, -0.05) is 18.2 Å². The third-order valence-electron chi connectivity index (χ3n) is 3.24. The molecule has 0 aliphatic carbocycles. The van der Waals surface area contributed by atoms with Crippen molar-refractivity contribution in [1.29, 1.82) is 0 Å². The number of aromatic carboxylic acids is 1. The molecule has 0 spiro atoms. The van der Waals surface area contributed by atoms with Crippen LogP contribution >= 0.6 is 0 Å². The van der Waals surface area contributed by atoms with E-state index >= 15 is 0 Å². The zero-order valence-electron chi connectivity index (χ0n) is 11.9. The summed E-state index contributed by atoms with van der Waals surface area (Å²) >= 11 is 0. The van der Waals surface area contributed by atoms with E-state index in [0.29, 0.717) is 5.95 Å². The Morgan fingerprint density at radius 1 is 1.14 bits per heavy atom. The number of para-hydroxylation sites is 1. The normalized spacial score (nSPS) is 10.4. The Hall–Kier alpha value is -3.15. The molecular weight excluding hydrogens is 280 g/mol. The molecule has 3 rings (SSSR count). The lowest BCUT2D eigenvalue weighted by atomic mass is 10.2. The van der Waals surface area contributed by atoms with Crippen LogP contribution in [0.5, 0.6) is 0 Å². The van der Waals surface area contributed by atoms with Gasteiger partial charge >= 0.3 is 5.97 Å². The van der Waals surface area contributed by atoms with Gasteiger partial charge in [-0.3, -0.25) is 0 Å². The number of aryl methyl sites for hydroxylation is 1. The highest BCUT2D eigenvalue weighted by atomic mass is 16.4. The summed E-state index contributed by atoms with van der Waals surface area (Å²) in [5.74, 6) is -0.471. The molecule has 0 bridgehead atoms. The zero-order chi connectivity index (χ0) is 15.5. The number of carboxylic acid groups (broad SMARTS) is 1. The van der Waals surface area contributed by atoms with E-state index < -0.39 is 5.97 Å². The molecule has 0 saturated carbocycles. The third-order valence-corrected chi connectivity index (χ3v) is 3.24. The van der Waals surface area contributed by atoms with E-state index in [0.717, 1.165) is 16.8 Å². The second-order valence-electron chi connectivity index (χ2n) is 4.82. The molecule has 0 atom stereocenters. The fraction of sp³-hybridized carbons (Fsp3) is 0.0625. The topological polar surface area (TPSA) is 80.0 Å². The summed E-state index contributed by atoms with van der Waals surface area (Å²) in [6.07, 6.45) is 5.07. The first-order valence-corrected chi connectivity index (χ1v) is 6.67. The van der Waals surface area contributed by atoms with Crippen LogP contribution < -0.4 is 5.32 Å². The summed E-state index contributed by atoms with van der Waals surface area (Å²) in [6, 6.07) is 11.2. The monoisotopic (exact) mass is 294 g/mol. The predicted octanol–water partition coefficient (Wildman–Crippen LogP) is 2.92. The molecular formula is C16H14N4O2. The molecule has 1 aromatic carbocycles. The lowest BCUT2D eigenvalue weighted by Gasteiger charge is -2.04. The number of benzene rings is 1. The van der Waals surface area contributed by atoms with Crippen molar-refractivity contribution in [2.24, 2.45) is 7.05 Å². The van der Waals surface area contributed by atoms with Crippen molar-refractivity contribution in [3.8, 4) is 11.1 Å². The molecule has 0 aliphatic heterocycles. The van der Waals surface area contributed by atoms with Crippen molar-refractivity contribution in [1.82, 2.24) is 14.5 Å². The van der Waals surface area contributed by atoms with Gasteiger partial charge in [-0.25, -0.2) is 14.8 Å². The van der Waals surface area contributed by atoms with Crippen LogP contribution in [0.15, 0.2) is 55.0 Å². The molecule has 0 aliphatic rings. The van der Waals surface area contributed by atoms with E-state index in [1.165, 1.54) is 0 Å². The number of nitrogens with zero attached hydrogens (tertiary/aromatic N) is 3. The summed E-state index contributed by atoms with van der Waals surface area (Å²) in [5, 5.41) is 12.2. The maximum absolute atomic E-state index is 11.1. The highest BCUT2D eigenvalue weighted by Gasteiger charge is 2.11. The summed E-state index contributed by atoms with van der Waals surface area (Å²) in [4.78, 5) is 19.6. The Kier molecular flexibility index (Phi) is 3.57. The second-order valence-corrected chi connectivity index (χ2v) is 4.82. The average Bonchev–Trinajstić information content (AvgIpc) is 2.91. The Bertz CT molecular complexity index is 795. The summed E-state index contributed by atoms with van der Waals surface area (Å²) in [5.41, 5.74) is 2.66. The summed E-state index contributed by atoms with van der Waals surface area (Å²) in [7, 11) is 1.69. The Morgan fingerprint density at radius 2 is 1.82 bits per heavy atom. The van der Waals surface area contributed by atoms with Crippen molar-refractivity contribution >= 4 is 17.6 Å². The van der Waals surface area contributed by atoms with Crippen molar-refractivity contribution in [3.05, 3.63) is 60.7 Å². The van der Waals surface area contributed by atoms with E-state index in [2.05, 4.69) is 15.3 Å². The third kappa shape index (κ3) is 2.80. The Labute approximate surface area is 127 Å². The SMILES string of the molecule is Cn1cc(-c2cnc(Nc3ccccc3)nc2)cc1C(=O)O. The van der Waals surface area contributed by atoms with Gasteiger partial charge in [0.15, 0.2) is 0 Å². The first-order chi connectivity index (χ1) is 10.6. The summed E-state index contributed by atoms with van der Waals surface area (Å²) < 4.78 is 1.56. The number of carboxylic acids is 1. The molecule has 0 unspecified atom stereocenters. The van der Waals surface area contributed by atoms with Gasteiger partial charge < -0.3 is 15.0 Å². The molecule has 0 fully saturated rings. The summed E-state index contributed by atoms with van der Waals surface area (Å²) in [6.45, 7) is 0. The minimum atomic E-state index is -0.961. The molecule has 0 amide bonds. The standard InChI is InChI=1S/C16H14N4O2/c1-20-10-11(7-14(20)15(21)22)12-8-17-16(18-9-12)19-13-5-3-2-4-6-13/h2-10H,1H3,(H,21,22)(H,17,18,19). The van der Waals surface area contributed by atoms with Crippen LogP contribution in [0.1, 0.15) is 10.5 Å². The van der Waals surface area contributed by atoms with E-state index in [9.17, 15) is 4.79 Å². The van der Waals surface area contributed by atoms with Crippen LogP contribution in [0.25, 0.3) is 11.1 Å². The molecule has 22 heavy (non-hydrogen) atoms. The highest BCUT2D eigenvalue weighted by Crippen LogP contribution is 2.21. The van der Waals surface area contributed by atoms with Crippen molar-refractivity contribution < 1.29 is 9.90 Å². The minimum Gasteiger partial charge on any atom is -0.477 e. The average molecular weight is 294 g/mol. The van der Waals surface area contributed by atoms with E-state index in [-0.39, 0.29) is 5.69 Å². The van der Waals surface area contributed by atoms with Gasteiger partial charge in [0.05, 0.1) is 0 Å². The van der Waals surface area contributed by atoms with Gasteiger partial charge in [0, 0.05) is 42.5 Å². The zero-order valence-corrected chi connectivity index (χ0v) is 11.9. The predicted molar refractivity (Wildman–Crippen MR) is 83.1 cm³/mol. The number of rotatable bonds is 4. The van der Waals surface area contributed by atoms with E-state index in [1.807, 2.05) is 30.3 Å². The molecule has 0 saturated heterocycles. The maximum atomic E-state index is 11.1. The van der Waals surface area contributed by atoms with Crippen LogP contribution in [0.4, 0.5) is 11.6 Å². The lowest BCUT2D eigenvalue weighted by Crippen LogP contribution is -2.02. The van der Waals surface area contributed by atoms with Crippen LogP contribution in [0, 0.1) is 0 Å². The Morgan fingerprint density at radius 3 is 2.41 bits per heavy atom. The number of aromatic nitrogens is 3. The number of carbonyl (C=O) groups is 1. The molecule has 2 heterocycles. The first-order valence-electron chi connectivity index (χ1n) is 6.67.